The number of hydrogen-bond donors (Lipinski definition) is 1. The van der Waals surface area contributed by atoms with Gasteiger partial charge in [-0.25, -0.2) is 4.31 Å². The van der Waals surface area contributed by atoms with Crippen molar-refractivity contribution in [3.63, 3.8) is 0 Å². The van der Waals surface area contributed by atoms with E-state index in [0.29, 0.717) is 5.69 Å². The highest BCUT2D eigenvalue weighted by Crippen LogP contribution is 2.42. The molecule has 3 rings (SSSR count). The molecule has 0 saturated heterocycles. The Labute approximate surface area is 119 Å². The van der Waals surface area contributed by atoms with Crippen LogP contribution in [0.15, 0.2) is 48.5 Å². The van der Waals surface area contributed by atoms with Crippen LogP contribution in [0.3, 0.4) is 0 Å². The van der Waals surface area contributed by atoms with Crippen LogP contribution in [-0.4, -0.2) is 8.42 Å². The largest absolute Gasteiger partial charge is 0.416 e. The van der Waals surface area contributed by atoms with Crippen LogP contribution in [-0.2, 0) is 16.4 Å². The van der Waals surface area contributed by atoms with Gasteiger partial charge in [-0.3, -0.25) is 4.72 Å². The second-order valence-corrected chi connectivity index (χ2v) is 5.96. The first-order valence-electron chi connectivity index (χ1n) is 5.88. The van der Waals surface area contributed by atoms with Gasteiger partial charge < -0.3 is 0 Å². The number of halogens is 3. The first kappa shape index (κ1) is 13.7. The summed E-state index contributed by atoms with van der Waals surface area (Å²) in [7, 11) is -3.95. The molecule has 110 valence electrons. The molecule has 0 saturated carbocycles. The van der Waals surface area contributed by atoms with E-state index < -0.39 is 21.9 Å². The Morgan fingerprint density at radius 1 is 1.00 bits per heavy atom. The van der Waals surface area contributed by atoms with Crippen molar-refractivity contribution < 1.29 is 21.6 Å². The molecule has 0 radical (unpaired) electrons. The van der Waals surface area contributed by atoms with Gasteiger partial charge in [0.2, 0.25) is 0 Å². The number of para-hydroxylation sites is 2. The van der Waals surface area contributed by atoms with E-state index in [1.165, 1.54) is 18.2 Å². The maximum Gasteiger partial charge on any atom is 0.416 e. The molecule has 0 aromatic heterocycles. The predicted molar refractivity (Wildman–Crippen MR) is 72.6 cm³/mol. The Morgan fingerprint density at radius 3 is 2.43 bits per heavy atom. The molecule has 0 atom stereocenters. The molecule has 2 aromatic rings. The molecule has 0 aliphatic carbocycles. The fraction of sp³-hybridized carbons (Fsp3) is 0.0769. The average molecular weight is 314 g/mol. The molecule has 1 N–H and O–H groups in total. The number of nitrogens with one attached hydrogen (secondary N) is 1. The zero-order valence-corrected chi connectivity index (χ0v) is 11.2. The van der Waals surface area contributed by atoms with E-state index in [0.717, 1.165) is 16.4 Å². The summed E-state index contributed by atoms with van der Waals surface area (Å²) >= 11 is 0. The van der Waals surface area contributed by atoms with Crippen LogP contribution in [0, 0.1) is 0 Å². The van der Waals surface area contributed by atoms with E-state index in [2.05, 4.69) is 4.72 Å². The van der Waals surface area contributed by atoms with Gasteiger partial charge in [0.05, 0.1) is 22.6 Å². The quantitative estimate of drug-likeness (QED) is 0.875. The van der Waals surface area contributed by atoms with Crippen molar-refractivity contribution in [1.29, 1.82) is 0 Å². The van der Waals surface area contributed by atoms with Gasteiger partial charge in [-0.05, 0) is 30.3 Å². The standard InChI is InChI=1S/C13H9F3N2O2S/c14-13(15,16)9-4-3-5-10(8-9)18-12-7-2-1-6-11(12)17-21(18,19)20/h1-8,17H. The molecule has 21 heavy (non-hydrogen) atoms. The molecule has 4 nitrogen and oxygen atoms in total. The number of rotatable bonds is 1. The molecule has 8 heteroatoms. The Kier molecular flexibility index (Phi) is 2.87. The number of benzene rings is 2. The number of hydrogen-bond acceptors (Lipinski definition) is 2. The predicted octanol–water partition coefficient (Wildman–Crippen LogP) is 3.51. The number of fused-ring (bicyclic) bond motifs is 1. The van der Waals surface area contributed by atoms with Gasteiger partial charge in [0, 0.05) is 0 Å². The normalized spacial score (nSPS) is 16.4. The zero-order chi connectivity index (χ0) is 15.3. The van der Waals surface area contributed by atoms with E-state index >= 15 is 0 Å². The Balaban J connectivity index is 2.16. The van der Waals surface area contributed by atoms with Crippen molar-refractivity contribution in [2.45, 2.75) is 6.18 Å². The van der Waals surface area contributed by atoms with Crippen LogP contribution >= 0.6 is 0 Å². The lowest BCUT2D eigenvalue weighted by molar-refractivity contribution is -0.137. The first-order chi connectivity index (χ1) is 9.79. The summed E-state index contributed by atoms with van der Waals surface area (Å²) in [5.41, 5.74) is -0.353. The molecule has 0 spiro atoms. The zero-order valence-electron chi connectivity index (χ0n) is 10.4. The van der Waals surface area contributed by atoms with Crippen LogP contribution < -0.4 is 9.03 Å². The second-order valence-electron chi connectivity index (χ2n) is 4.44. The number of anilines is 3. The third-order valence-corrected chi connectivity index (χ3v) is 4.38. The van der Waals surface area contributed by atoms with Gasteiger partial charge in [-0.1, -0.05) is 18.2 Å². The Morgan fingerprint density at radius 2 is 1.71 bits per heavy atom. The average Bonchev–Trinajstić information content (AvgIpc) is 2.67. The molecule has 2 aromatic carbocycles. The first-order valence-corrected chi connectivity index (χ1v) is 7.32. The topological polar surface area (TPSA) is 49.4 Å². The Hall–Kier alpha value is -2.22. The molecule has 0 unspecified atom stereocenters. The lowest BCUT2D eigenvalue weighted by Gasteiger charge is -2.18. The van der Waals surface area contributed by atoms with Crippen molar-refractivity contribution in [2.24, 2.45) is 0 Å². The maximum atomic E-state index is 12.8. The van der Waals surface area contributed by atoms with Crippen molar-refractivity contribution in [3.8, 4) is 0 Å². The lowest BCUT2D eigenvalue weighted by atomic mass is 10.2. The molecule has 0 amide bonds. The number of nitrogens with zero attached hydrogens (tertiary/aromatic N) is 1. The van der Waals surface area contributed by atoms with E-state index in [1.807, 2.05) is 0 Å². The molecular weight excluding hydrogens is 305 g/mol. The summed E-state index contributed by atoms with van der Waals surface area (Å²) in [5, 5.41) is 0. The minimum Gasteiger partial charge on any atom is -0.264 e. The van der Waals surface area contributed by atoms with Crippen molar-refractivity contribution >= 4 is 27.3 Å². The molecule has 0 fully saturated rings. The van der Waals surface area contributed by atoms with Crippen LogP contribution in [0.25, 0.3) is 0 Å². The minimum atomic E-state index is -4.54. The highest BCUT2D eigenvalue weighted by Gasteiger charge is 2.36. The summed E-state index contributed by atoms with van der Waals surface area (Å²) < 4.78 is 65.7. The lowest BCUT2D eigenvalue weighted by Crippen LogP contribution is -2.25. The monoisotopic (exact) mass is 314 g/mol. The minimum absolute atomic E-state index is 0.0673. The van der Waals surface area contributed by atoms with E-state index in [9.17, 15) is 21.6 Å². The summed E-state index contributed by atoms with van der Waals surface area (Å²) in [6.45, 7) is 0. The van der Waals surface area contributed by atoms with E-state index in [4.69, 9.17) is 0 Å². The van der Waals surface area contributed by atoms with Gasteiger partial charge >= 0.3 is 16.4 Å². The molecule has 0 bridgehead atoms. The summed E-state index contributed by atoms with van der Waals surface area (Å²) in [4.78, 5) is 0. The second kappa shape index (κ2) is 4.39. The smallest absolute Gasteiger partial charge is 0.264 e. The molecule has 1 aliphatic rings. The van der Waals surface area contributed by atoms with Crippen molar-refractivity contribution in [3.05, 3.63) is 54.1 Å². The maximum absolute atomic E-state index is 12.8. The highest BCUT2D eigenvalue weighted by atomic mass is 32.2. The van der Waals surface area contributed by atoms with Gasteiger partial charge in [0.25, 0.3) is 0 Å². The third kappa shape index (κ3) is 2.31. The van der Waals surface area contributed by atoms with Crippen LogP contribution in [0.2, 0.25) is 0 Å². The molecule has 1 heterocycles. The van der Waals surface area contributed by atoms with Crippen LogP contribution in [0.4, 0.5) is 30.2 Å². The van der Waals surface area contributed by atoms with Crippen molar-refractivity contribution in [2.75, 3.05) is 9.03 Å². The molecular formula is C13H9F3N2O2S. The highest BCUT2D eigenvalue weighted by molar-refractivity contribution is 7.95. The van der Waals surface area contributed by atoms with Gasteiger partial charge in [-0.15, -0.1) is 0 Å². The summed E-state index contributed by atoms with van der Waals surface area (Å²) in [6.07, 6.45) is -4.54. The molecule has 1 aliphatic heterocycles. The van der Waals surface area contributed by atoms with Gasteiger partial charge in [0.15, 0.2) is 0 Å². The SMILES string of the molecule is O=S1(=O)Nc2ccccc2N1c1cccc(C(F)(F)F)c1. The fourth-order valence-corrected chi connectivity index (χ4v) is 3.49. The Bertz CT molecular complexity index is 803. The van der Waals surface area contributed by atoms with Crippen LogP contribution in [0.5, 0.6) is 0 Å². The summed E-state index contributed by atoms with van der Waals surface area (Å²) in [5.74, 6) is 0. The summed E-state index contributed by atoms with van der Waals surface area (Å²) in [6, 6.07) is 10.5. The van der Waals surface area contributed by atoms with E-state index in [-0.39, 0.29) is 11.4 Å². The fourth-order valence-electron chi connectivity index (χ4n) is 2.14. The van der Waals surface area contributed by atoms with Gasteiger partial charge in [0.1, 0.15) is 0 Å². The van der Waals surface area contributed by atoms with Crippen molar-refractivity contribution in [1.82, 2.24) is 0 Å². The van der Waals surface area contributed by atoms with Crippen LogP contribution in [0.1, 0.15) is 5.56 Å². The van der Waals surface area contributed by atoms with Gasteiger partial charge in [-0.2, -0.15) is 21.6 Å². The number of alkyl halides is 3. The third-order valence-electron chi connectivity index (χ3n) is 3.01. The van der Waals surface area contributed by atoms with E-state index in [1.54, 1.807) is 18.2 Å².